The first-order chi connectivity index (χ1) is 7.86. The van der Waals surface area contributed by atoms with Crippen molar-refractivity contribution in [3.63, 3.8) is 0 Å². The number of rotatable bonds is 4. The molecule has 1 heterocycles. The third-order valence-corrected chi connectivity index (χ3v) is 3.76. The van der Waals surface area contributed by atoms with Gasteiger partial charge in [-0.1, -0.05) is 0 Å². The van der Waals surface area contributed by atoms with Gasteiger partial charge in [0.2, 0.25) is 0 Å². The molecule has 0 spiro atoms. The van der Waals surface area contributed by atoms with Crippen LogP contribution in [-0.2, 0) is 19.7 Å². The van der Waals surface area contributed by atoms with Gasteiger partial charge in [0.15, 0.2) is 0 Å². The van der Waals surface area contributed by atoms with Crippen molar-refractivity contribution in [3.8, 4) is 0 Å². The first kappa shape index (κ1) is 13.7. The molecule has 0 radical (unpaired) electrons. The molecule has 8 nitrogen and oxygen atoms in total. The number of nitrogens with one attached hydrogen (secondary N) is 1. The van der Waals surface area contributed by atoms with E-state index < -0.39 is 28.2 Å². The molecule has 1 saturated heterocycles. The Bertz CT molecular complexity index is 406. The van der Waals surface area contributed by atoms with Gasteiger partial charge in [-0.15, -0.1) is 0 Å². The molecule has 0 saturated carbocycles. The Morgan fingerprint density at radius 1 is 1.53 bits per heavy atom. The third-order valence-electron chi connectivity index (χ3n) is 2.33. The van der Waals surface area contributed by atoms with E-state index in [2.05, 4.69) is 4.74 Å². The molecule has 1 atom stereocenters. The largest absolute Gasteiger partial charge is 0.481 e. The third kappa shape index (κ3) is 3.56. The Balaban J connectivity index is 2.61. The van der Waals surface area contributed by atoms with Crippen LogP contribution in [0, 0.1) is 5.92 Å². The summed E-state index contributed by atoms with van der Waals surface area (Å²) >= 11 is 0. The Morgan fingerprint density at radius 2 is 2.18 bits per heavy atom. The zero-order valence-corrected chi connectivity index (χ0v) is 10.1. The second-order valence-corrected chi connectivity index (χ2v) is 5.18. The number of carboxylic acids is 1. The zero-order valence-electron chi connectivity index (χ0n) is 9.25. The van der Waals surface area contributed by atoms with Gasteiger partial charge >= 0.3 is 22.3 Å². The summed E-state index contributed by atoms with van der Waals surface area (Å²) in [6, 6.07) is 0. The Morgan fingerprint density at radius 3 is 2.65 bits per heavy atom. The molecule has 1 amide bonds. The second kappa shape index (κ2) is 5.32. The molecule has 1 rings (SSSR count). The monoisotopic (exact) mass is 266 g/mol. The fourth-order valence-electron chi connectivity index (χ4n) is 1.48. The lowest BCUT2D eigenvalue weighted by Gasteiger charge is -2.15. The molecule has 1 fully saturated rings. The number of nitrogens with zero attached hydrogens (tertiary/aromatic N) is 1. The number of carbonyl (C=O) groups excluding carboxylic acids is 1. The standard InChI is InChI=1S/C8H14N2O6S/c1-2-16-8(13)9-17(14,15)10-4-3-6(5-10)7(11)12/h6H,2-5H2,1H3,(H,9,13)(H,11,12). The number of ether oxygens (including phenoxy) is 1. The van der Waals surface area contributed by atoms with Gasteiger partial charge in [0.25, 0.3) is 0 Å². The van der Waals surface area contributed by atoms with Crippen LogP contribution in [0.4, 0.5) is 4.79 Å². The average molecular weight is 266 g/mol. The van der Waals surface area contributed by atoms with Crippen molar-refractivity contribution in [2.24, 2.45) is 5.92 Å². The Kier molecular flexibility index (Phi) is 4.29. The van der Waals surface area contributed by atoms with Crippen molar-refractivity contribution in [2.75, 3.05) is 19.7 Å². The minimum Gasteiger partial charge on any atom is -0.481 e. The lowest BCUT2D eigenvalue weighted by Crippen LogP contribution is -2.42. The molecule has 0 aliphatic carbocycles. The lowest BCUT2D eigenvalue weighted by atomic mass is 10.1. The first-order valence-corrected chi connectivity index (χ1v) is 6.48. The topological polar surface area (TPSA) is 113 Å². The minimum atomic E-state index is -4.00. The van der Waals surface area contributed by atoms with Gasteiger partial charge in [-0.2, -0.15) is 12.7 Å². The smallest absolute Gasteiger partial charge is 0.421 e. The number of aliphatic carboxylic acids is 1. The van der Waals surface area contributed by atoms with Crippen molar-refractivity contribution in [2.45, 2.75) is 13.3 Å². The highest BCUT2D eigenvalue weighted by Crippen LogP contribution is 2.18. The van der Waals surface area contributed by atoms with Gasteiger partial charge in [0, 0.05) is 13.1 Å². The molecule has 0 bridgehead atoms. The highest BCUT2D eigenvalue weighted by Gasteiger charge is 2.35. The van der Waals surface area contributed by atoms with Crippen LogP contribution in [-0.4, -0.2) is 49.6 Å². The molecule has 0 aromatic heterocycles. The van der Waals surface area contributed by atoms with E-state index in [4.69, 9.17) is 5.11 Å². The summed E-state index contributed by atoms with van der Waals surface area (Å²) in [5.74, 6) is -1.77. The Labute approximate surface area is 98.7 Å². The van der Waals surface area contributed by atoms with Crippen molar-refractivity contribution in [3.05, 3.63) is 0 Å². The van der Waals surface area contributed by atoms with E-state index in [0.29, 0.717) is 0 Å². The molecule has 98 valence electrons. The number of amides is 1. The van der Waals surface area contributed by atoms with Crippen molar-refractivity contribution < 1.29 is 27.9 Å². The average Bonchev–Trinajstić information content (AvgIpc) is 2.65. The van der Waals surface area contributed by atoms with Crippen LogP contribution in [0.15, 0.2) is 0 Å². The van der Waals surface area contributed by atoms with E-state index >= 15 is 0 Å². The van der Waals surface area contributed by atoms with Gasteiger partial charge in [0.1, 0.15) is 0 Å². The lowest BCUT2D eigenvalue weighted by molar-refractivity contribution is -0.141. The van der Waals surface area contributed by atoms with Crippen molar-refractivity contribution in [1.82, 2.24) is 9.03 Å². The van der Waals surface area contributed by atoms with Crippen LogP contribution in [0.25, 0.3) is 0 Å². The van der Waals surface area contributed by atoms with Gasteiger partial charge in [0.05, 0.1) is 12.5 Å². The highest BCUT2D eigenvalue weighted by atomic mass is 32.2. The maximum absolute atomic E-state index is 11.6. The summed E-state index contributed by atoms with van der Waals surface area (Å²) < 4.78 is 30.3. The SMILES string of the molecule is CCOC(=O)NS(=O)(=O)N1CCC(C(=O)O)C1. The van der Waals surface area contributed by atoms with Crippen LogP contribution >= 0.6 is 0 Å². The fourth-order valence-corrected chi connectivity index (χ4v) is 2.60. The number of hydrogen-bond donors (Lipinski definition) is 2. The fraction of sp³-hybridized carbons (Fsp3) is 0.750. The summed E-state index contributed by atoms with van der Waals surface area (Å²) in [5.41, 5.74) is 0. The van der Waals surface area contributed by atoms with E-state index in [1.165, 1.54) is 0 Å². The molecule has 0 aromatic carbocycles. The second-order valence-electron chi connectivity index (χ2n) is 3.51. The zero-order chi connectivity index (χ0) is 13.1. The molecule has 9 heteroatoms. The molecule has 1 aliphatic heterocycles. The van der Waals surface area contributed by atoms with Crippen LogP contribution < -0.4 is 4.72 Å². The van der Waals surface area contributed by atoms with Crippen molar-refractivity contribution in [1.29, 1.82) is 0 Å². The summed E-state index contributed by atoms with van der Waals surface area (Å²) in [5, 5.41) is 8.73. The van der Waals surface area contributed by atoms with E-state index in [0.717, 1.165) is 4.31 Å². The predicted molar refractivity (Wildman–Crippen MR) is 56.4 cm³/mol. The predicted octanol–water partition coefficient (Wildman–Crippen LogP) is -0.616. The van der Waals surface area contributed by atoms with Crippen molar-refractivity contribution >= 4 is 22.3 Å². The van der Waals surface area contributed by atoms with Gasteiger partial charge < -0.3 is 9.84 Å². The summed E-state index contributed by atoms with van der Waals surface area (Å²) in [7, 11) is -4.00. The number of carbonyl (C=O) groups is 2. The van der Waals surface area contributed by atoms with Gasteiger partial charge in [-0.05, 0) is 13.3 Å². The van der Waals surface area contributed by atoms with Crippen LogP contribution in [0.2, 0.25) is 0 Å². The molecule has 2 N–H and O–H groups in total. The molecular formula is C8H14N2O6S. The van der Waals surface area contributed by atoms with E-state index in [9.17, 15) is 18.0 Å². The summed E-state index contributed by atoms with van der Waals surface area (Å²) in [4.78, 5) is 21.6. The van der Waals surface area contributed by atoms with Crippen LogP contribution in [0.3, 0.4) is 0 Å². The quantitative estimate of drug-likeness (QED) is 0.701. The van der Waals surface area contributed by atoms with Crippen LogP contribution in [0.1, 0.15) is 13.3 Å². The maximum Gasteiger partial charge on any atom is 0.421 e. The molecule has 0 aromatic rings. The van der Waals surface area contributed by atoms with E-state index in [1.54, 1.807) is 11.6 Å². The number of carboxylic acid groups (broad SMARTS) is 1. The summed E-state index contributed by atoms with van der Waals surface area (Å²) in [6.45, 7) is 1.54. The molecule has 1 unspecified atom stereocenters. The molecule has 17 heavy (non-hydrogen) atoms. The Hall–Kier alpha value is -1.35. The number of hydrogen-bond acceptors (Lipinski definition) is 5. The van der Waals surface area contributed by atoms with Gasteiger partial charge in [-0.3, -0.25) is 4.79 Å². The van der Waals surface area contributed by atoms with Gasteiger partial charge in [-0.25, -0.2) is 9.52 Å². The molecular weight excluding hydrogens is 252 g/mol. The first-order valence-electron chi connectivity index (χ1n) is 5.04. The minimum absolute atomic E-state index is 0.0547. The summed E-state index contributed by atoms with van der Waals surface area (Å²) in [6.07, 6.45) is -0.828. The highest BCUT2D eigenvalue weighted by molar-refractivity contribution is 7.87. The normalized spacial score (nSPS) is 21.1. The molecule has 1 aliphatic rings. The van der Waals surface area contributed by atoms with E-state index in [1.807, 2.05) is 0 Å². The van der Waals surface area contributed by atoms with Crippen LogP contribution in [0.5, 0.6) is 0 Å². The maximum atomic E-state index is 11.6. The van der Waals surface area contributed by atoms with E-state index in [-0.39, 0.29) is 26.1 Å².